The third kappa shape index (κ3) is 4.52. The predicted octanol–water partition coefficient (Wildman–Crippen LogP) is 3.08. The molecule has 0 spiro atoms. The van der Waals surface area contributed by atoms with Crippen molar-refractivity contribution in [3.8, 4) is 5.75 Å². The number of ether oxygens (including phenoxy) is 1. The van der Waals surface area contributed by atoms with Crippen LogP contribution in [-0.4, -0.2) is 31.0 Å². The number of nitrogens with zero attached hydrogens (tertiary/aromatic N) is 1. The first-order valence-electron chi connectivity index (χ1n) is 9.16. The van der Waals surface area contributed by atoms with Gasteiger partial charge in [-0.25, -0.2) is 9.29 Å². The van der Waals surface area contributed by atoms with Crippen molar-refractivity contribution in [2.75, 3.05) is 18.1 Å². The Morgan fingerprint density at radius 2 is 1.89 bits per heavy atom. The summed E-state index contributed by atoms with van der Waals surface area (Å²) < 4.78 is 19.2. The highest BCUT2D eigenvalue weighted by Crippen LogP contribution is 2.25. The van der Waals surface area contributed by atoms with Crippen LogP contribution in [0.15, 0.2) is 48.5 Å². The number of amides is 2. The number of hydrogen-bond acceptors (Lipinski definition) is 4. The molecule has 1 aliphatic heterocycles. The van der Waals surface area contributed by atoms with E-state index in [2.05, 4.69) is 5.32 Å². The van der Waals surface area contributed by atoms with Crippen LogP contribution in [0.2, 0.25) is 0 Å². The Morgan fingerprint density at radius 3 is 2.59 bits per heavy atom. The van der Waals surface area contributed by atoms with Crippen molar-refractivity contribution in [3.63, 3.8) is 0 Å². The number of nitrogens with one attached hydrogen (secondary N) is 1. The molecule has 2 amide bonds. The zero-order chi connectivity index (χ0) is 19.2. The van der Waals surface area contributed by atoms with Gasteiger partial charge in [0.1, 0.15) is 11.6 Å². The van der Waals surface area contributed by atoms with E-state index in [0.29, 0.717) is 36.6 Å². The molecule has 1 aliphatic rings. The molecule has 0 unspecified atom stereocenters. The molecule has 1 saturated heterocycles. The van der Waals surface area contributed by atoms with Crippen LogP contribution in [0, 0.1) is 5.82 Å². The Morgan fingerprint density at radius 1 is 1.15 bits per heavy atom. The molecule has 0 bridgehead atoms. The van der Waals surface area contributed by atoms with Crippen molar-refractivity contribution >= 4 is 17.5 Å². The van der Waals surface area contributed by atoms with E-state index in [1.165, 1.54) is 11.0 Å². The number of imide groups is 1. The summed E-state index contributed by atoms with van der Waals surface area (Å²) in [6.07, 6.45) is 1.46. The number of hydrogen-bond donors (Lipinski definition) is 1. The molecule has 1 heterocycles. The summed E-state index contributed by atoms with van der Waals surface area (Å²) in [6, 6.07) is 12.9. The second kappa shape index (κ2) is 8.77. The normalized spacial score (nSPS) is 16.8. The fraction of sp³-hybridized carbons (Fsp3) is 0.333. The molecule has 1 fully saturated rings. The molecule has 0 saturated carbocycles. The van der Waals surface area contributed by atoms with Crippen molar-refractivity contribution in [1.29, 1.82) is 0 Å². The van der Waals surface area contributed by atoms with Crippen molar-refractivity contribution in [1.82, 2.24) is 5.32 Å². The van der Waals surface area contributed by atoms with Crippen molar-refractivity contribution < 1.29 is 18.7 Å². The fourth-order valence-electron chi connectivity index (χ4n) is 3.06. The predicted molar refractivity (Wildman–Crippen MR) is 101 cm³/mol. The molecule has 0 aromatic heterocycles. The number of anilines is 1. The minimum Gasteiger partial charge on any atom is -0.494 e. The van der Waals surface area contributed by atoms with E-state index in [1.54, 1.807) is 42.5 Å². The lowest BCUT2D eigenvalue weighted by molar-refractivity contribution is -0.121. The van der Waals surface area contributed by atoms with Gasteiger partial charge in [-0.15, -0.1) is 0 Å². The quantitative estimate of drug-likeness (QED) is 0.726. The van der Waals surface area contributed by atoms with Gasteiger partial charge in [0.05, 0.1) is 24.8 Å². The number of carbonyl (C=O) groups excluding carboxylic acids is 2. The zero-order valence-corrected chi connectivity index (χ0v) is 15.3. The van der Waals surface area contributed by atoms with Crippen LogP contribution < -0.4 is 15.0 Å². The molecule has 1 N–H and O–H groups in total. The van der Waals surface area contributed by atoms with Crippen LogP contribution in [0.25, 0.3) is 0 Å². The second-order valence-corrected chi connectivity index (χ2v) is 6.46. The minimum absolute atomic E-state index is 0.101. The largest absolute Gasteiger partial charge is 0.494 e. The SMILES string of the molecule is CCCOc1ccc(N2C(=O)C[C@H](NCCc3ccccc3F)C2=O)cc1. The maximum Gasteiger partial charge on any atom is 0.251 e. The van der Waals surface area contributed by atoms with Crippen LogP contribution in [0.3, 0.4) is 0 Å². The van der Waals surface area contributed by atoms with Gasteiger partial charge in [0.2, 0.25) is 5.91 Å². The number of carbonyl (C=O) groups is 2. The highest BCUT2D eigenvalue weighted by molar-refractivity contribution is 6.22. The monoisotopic (exact) mass is 370 g/mol. The molecule has 0 radical (unpaired) electrons. The maximum absolute atomic E-state index is 13.7. The maximum atomic E-state index is 13.7. The fourth-order valence-corrected chi connectivity index (χ4v) is 3.06. The van der Waals surface area contributed by atoms with E-state index in [-0.39, 0.29) is 24.1 Å². The first kappa shape index (κ1) is 19.0. The molecule has 142 valence electrons. The third-order valence-corrected chi connectivity index (χ3v) is 4.46. The number of benzene rings is 2. The van der Waals surface area contributed by atoms with Crippen LogP contribution in [0.1, 0.15) is 25.3 Å². The standard InChI is InChI=1S/C21H23FN2O3/c1-2-13-27-17-9-7-16(8-10-17)24-20(25)14-19(21(24)26)23-12-11-15-5-3-4-6-18(15)22/h3-10,19,23H,2,11-14H2,1H3/t19-/m0/s1. The Balaban J connectivity index is 1.58. The summed E-state index contributed by atoms with van der Waals surface area (Å²) in [4.78, 5) is 26.1. The van der Waals surface area contributed by atoms with Crippen molar-refractivity contribution in [2.24, 2.45) is 0 Å². The highest BCUT2D eigenvalue weighted by Gasteiger charge is 2.39. The topological polar surface area (TPSA) is 58.6 Å². The van der Waals surface area contributed by atoms with Gasteiger partial charge in [-0.1, -0.05) is 25.1 Å². The molecule has 27 heavy (non-hydrogen) atoms. The van der Waals surface area contributed by atoms with Crippen molar-refractivity contribution in [3.05, 3.63) is 59.9 Å². The molecule has 3 rings (SSSR count). The first-order chi connectivity index (χ1) is 13.1. The lowest BCUT2D eigenvalue weighted by atomic mass is 10.1. The summed E-state index contributed by atoms with van der Waals surface area (Å²) in [7, 11) is 0. The van der Waals surface area contributed by atoms with Gasteiger partial charge in [0.25, 0.3) is 5.91 Å². The van der Waals surface area contributed by atoms with Gasteiger partial charge in [0, 0.05) is 6.54 Å². The molecular weight excluding hydrogens is 347 g/mol. The van der Waals surface area contributed by atoms with E-state index in [9.17, 15) is 14.0 Å². The van der Waals surface area contributed by atoms with Gasteiger partial charge in [-0.05, 0) is 48.7 Å². The Hall–Kier alpha value is -2.73. The van der Waals surface area contributed by atoms with Gasteiger partial charge < -0.3 is 10.1 Å². The molecule has 2 aromatic carbocycles. The highest BCUT2D eigenvalue weighted by atomic mass is 19.1. The van der Waals surface area contributed by atoms with Gasteiger partial charge in [-0.2, -0.15) is 0 Å². The molecule has 6 heteroatoms. The van der Waals surface area contributed by atoms with E-state index < -0.39 is 6.04 Å². The molecule has 5 nitrogen and oxygen atoms in total. The molecule has 0 aliphatic carbocycles. The van der Waals surface area contributed by atoms with Crippen LogP contribution >= 0.6 is 0 Å². The lowest BCUT2D eigenvalue weighted by Crippen LogP contribution is -2.39. The van der Waals surface area contributed by atoms with Gasteiger partial charge in [0.15, 0.2) is 0 Å². The van der Waals surface area contributed by atoms with Crippen LogP contribution in [-0.2, 0) is 16.0 Å². The zero-order valence-electron chi connectivity index (χ0n) is 15.3. The van der Waals surface area contributed by atoms with E-state index in [0.717, 1.165) is 6.42 Å². The van der Waals surface area contributed by atoms with E-state index in [4.69, 9.17) is 4.74 Å². The third-order valence-electron chi connectivity index (χ3n) is 4.46. The molecule has 1 atom stereocenters. The smallest absolute Gasteiger partial charge is 0.251 e. The average molecular weight is 370 g/mol. The van der Waals surface area contributed by atoms with Gasteiger partial charge in [-0.3, -0.25) is 9.59 Å². The Bertz CT molecular complexity index is 807. The molecular formula is C21H23FN2O3. The lowest BCUT2D eigenvalue weighted by Gasteiger charge is -2.16. The van der Waals surface area contributed by atoms with E-state index >= 15 is 0 Å². The van der Waals surface area contributed by atoms with E-state index in [1.807, 2.05) is 6.92 Å². The minimum atomic E-state index is -0.583. The first-order valence-corrected chi connectivity index (χ1v) is 9.16. The Labute approximate surface area is 158 Å². The van der Waals surface area contributed by atoms with Crippen LogP contribution in [0.5, 0.6) is 5.75 Å². The summed E-state index contributed by atoms with van der Waals surface area (Å²) in [5, 5.41) is 3.07. The summed E-state index contributed by atoms with van der Waals surface area (Å²) >= 11 is 0. The second-order valence-electron chi connectivity index (χ2n) is 6.46. The number of halogens is 1. The Kier molecular flexibility index (Phi) is 6.19. The average Bonchev–Trinajstić information content (AvgIpc) is 2.95. The van der Waals surface area contributed by atoms with Crippen LogP contribution in [0.4, 0.5) is 10.1 Å². The van der Waals surface area contributed by atoms with Crippen molar-refractivity contribution in [2.45, 2.75) is 32.2 Å². The summed E-state index contributed by atoms with van der Waals surface area (Å²) in [5.74, 6) is -0.0826. The molecule has 2 aromatic rings. The summed E-state index contributed by atoms with van der Waals surface area (Å²) in [6.45, 7) is 3.06. The summed E-state index contributed by atoms with van der Waals surface area (Å²) in [5.41, 5.74) is 1.12. The van der Waals surface area contributed by atoms with Gasteiger partial charge >= 0.3 is 0 Å². The number of rotatable bonds is 8.